The number of nitrogens with one attached hydrogen (secondary N) is 2. The fourth-order valence-corrected chi connectivity index (χ4v) is 4.82. The second-order valence-electron chi connectivity index (χ2n) is 11.4. The number of amides is 1. The molecule has 0 bridgehead atoms. The summed E-state index contributed by atoms with van der Waals surface area (Å²) in [6.07, 6.45) is 0.561. The topological polar surface area (TPSA) is 145 Å². The highest BCUT2D eigenvalue weighted by Crippen LogP contribution is 2.40. The lowest BCUT2D eigenvalue weighted by Gasteiger charge is -2.30. The van der Waals surface area contributed by atoms with Crippen LogP contribution in [0.2, 0.25) is 0 Å². The number of amidine groups is 1. The second kappa shape index (κ2) is 15.8. The van der Waals surface area contributed by atoms with Crippen LogP contribution in [0.3, 0.4) is 0 Å². The summed E-state index contributed by atoms with van der Waals surface area (Å²) in [6, 6.07) is 5.19. The molecule has 3 N–H and O–H groups in total. The SMILES string of the molecule is Br.CCOc1cc2c(nc1C(=O)NC)C(=N)N(CC(=O)c1cc(N(C)CCCF)c(OCCCC(=O)O)c(C(C)(C)C)c1)C2. The molecule has 2 aromatic rings. The normalized spacial score (nSPS) is 12.3. The zero-order valence-electron chi connectivity index (χ0n) is 26.2. The molecule has 0 saturated heterocycles. The van der Waals surface area contributed by atoms with E-state index in [-0.39, 0.29) is 66.8 Å². The van der Waals surface area contributed by atoms with Gasteiger partial charge in [0, 0.05) is 50.3 Å². The number of carbonyl (C=O) groups is 3. The van der Waals surface area contributed by atoms with E-state index in [9.17, 15) is 18.8 Å². The van der Waals surface area contributed by atoms with E-state index in [1.54, 1.807) is 37.1 Å². The Labute approximate surface area is 268 Å². The second-order valence-corrected chi connectivity index (χ2v) is 11.4. The maximum atomic E-state index is 13.8. The van der Waals surface area contributed by atoms with Crippen LogP contribution in [-0.2, 0) is 16.8 Å². The van der Waals surface area contributed by atoms with Crippen molar-refractivity contribution in [2.45, 2.75) is 58.9 Å². The number of ether oxygens (including phenoxy) is 2. The Kier molecular flexibility index (Phi) is 13.1. The Morgan fingerprint density at radius 2 is 1.89 bits per heavy atom. The number of carboxylic acid groups (broad SMARTS) is 1. The van der Waals surface area contributed by atoms with Crippen LogP contribution < -0.4 is 19.7 Å². The molecule has 3 rings (SSSR count). The Bertz CT molecular complexity index is 1380. The van der Waals surface area contributed by atoms with E-state index in [0.717, 1.165) is 5.56 Å². The number of hydrogen-bond acceptors (Lipinski definition) is 8. The molecule has 1 aromatic carbocycles. The number of aliphatic carboxylic acids is 1. The Morgan fingerprint density at radius 1 is 1.18 bits per heavy atom. The number of alkyl halides is 1. The first kappa shape index (κ1) is 36.5. The quantitative estimate of drug-likeness (QED) is 0.179. The van der Waals surface area contributed by atoms with Crippen LogP contribution in [0.15, 0.2) is 18.2 Å². The maximum absolute atomic E-state index is 13.8. The Hall–Kier alpha value is -3.74. The van der Waals surface area contributed by atoms with Crippen molar-refractivity contribution in [3.63, 3.8) is 0 Å². The Morgan fingerprint density at radius 3 is 2.48 bits per heavy atom. The highest BCUT2D eigenvalue weighted by atomic mass is 79.9. The monoisotopic (exact) mass is 679 g/mol. The van der Waals surface area contributed by atoms with Crippen molar-refractivity contribution in [1.82, 2.24) is 15.2 Å². The average molecular weight is 681 g/mol. The third kappa shape index (κ3) is 8.67. The zero-order valence-corrected chi connectivity index (χ0v) is 27.9. The molecule has 0 atom stereocenters. The first-order valence-electron chi connectivity index (χ1n) is 14.4. The van der Waals surface area contributed by atoms with Gasteiger partial charge in [-0.3, -0.25) is 24.2 Å². The molecule has 11 nitrogen and oxygen atoms in total. The summed E-state index contributed by atoms with van der Waals surface area (Å²) in [4.78, 5) is 45.1. The van der Waals surface area contributed by atoms with E-state index >= 15 is 0 Å². The lowest BCUT2D eigenvalue weighted by Crippen LogP contribution is -2.31. The van der Waals surface area contributed by atoms with E-state index in [4.69, 9.17) is 20.0 Å². The van der Waals surface area contributed by atoms with Crippen LogP contribution in [0.1, 0.15) is 84.6 Å². The third-order valence-corrected chi connectivity index (χ3v) is 7.06. The van der Waals surface area contributed by atoms with Crippen LogP contribution in [0.4, 0.5) is 10.1 Å². The number of aromatic nitrogens is 1. The van der Waals surface area contributed by atoms with Crippen LogP contribution in [0.25, 0.3) is 0 Å². The van der Waals surface area contributed by atoms with Crippen LogP contribution in [0.5, 0.6) is 11.5 Å². The van der Waals surface area contributed by atoms with Gasteiger partial charge in [0.2, 0.25) is 0 Å². The van der Waals surface area contributed by atoms with Gasteiger partial charge in [0.25, 0.3) is 5.91 Å². The number of pyridine rings is 1. The van der Waals surface area contributed by atoms with Crippen molar-refractivity contribution in [3.8, 4) is 11.5 Å². The van der Waals surface area contributed by atoms with Crippen molar-refractivity contribution < 1.29 is 33.4 Å². The minimum atomic E-state index is -0.912. The Balaban J connectivity index is 0.00000675. The van der Waals surface area contributed by atoms with Gasteiger partial charge in [-0.2, -0.15) is 0 Å². The summed E-state index contributed by atoms with van der Waals surface area (Å²) in [7, 11) is 3.29. The molecule has 44 heavy (non-hydrogen) atoms. The average Bonchev–Trinajstić information content (AvgIpc) is 3.25. The van der Waals surface area contributed by atoms with Gasteiger partial charge in [-0.25, -0.2) is 4.98 Å². The summed E-state index contributed by atoms with van der Waals surface area (Å²) in [6.45, 7) is 8.31. The predicted molar refractivity (Wildman–Crippen MR) is 172 cm³/mol. The number of nitrogens with zero attached hydrogens (tertiary/aromatic N) is 3. The standard InChI is InChI=1S/C31H42FN5O6.BrH/c1-7-42-24-16-20-17-37(29(33)26(20)35-27(24)30(41)34-5)18-23(38)19-14-21(31(2,3)4)28(43-13-8-10-25(39)40)22(15-19)36(6)12-9-11-32;/h14-16,33H,7-13,17-18H2,1-6H3,(H,34,41)(H,39,40);1H. The minimum absolute atomic E-state index is 0. The molecule has 0 saturated carbocycles. The van der Waals surface area contributed by atoms with Crippen LogP contribution in [0, 0.1) is 5.41 Å². The zero-order chi connectivity index (χ0) is 31.9. The van der Waals surface area contributed by atoms with Crippen molar-refractivity contribution in [1.29, 1.82) is 5.41 Å². The molecule has 2 heterocycles. The van der Waals surface area contributed by atoms with Gasteiger partial charge in [-0.1, -0.05) is 20.8 Å². The summed E-state index contributed by atoms with van der Waals surface area (Å²) in [5.74, 6) is -0.700. The largest absolute Gasteiger partial charge is 0.491 e. The molecule has 1 aliphatic rings. The van der Waals surface area contributed by atoms with Gasteiger partial charge in [0.1, 0.15) is 17.3 Å². The van der Waals surface area contributed by atoms with Gasteiger partial charge in [-0.15, -0.1) is 17.0 Å². The minimum Gasteiger partial charge on any atom is -0.491 e. The molecule has 1 amide bonds. The molecule has 0 aliphatic carbocycles. The van der Waals surface area contributed by atoms with Crippen LogP contribution >= 0.6 is 17.0 Å². The van der Waals surface area contributed by atoms with Crippen molar-refractivity contribution in [2.24, 2.45) is 0 Å². The molecule has 13 heteroatoms. The maximum Gasteiger partial charge on any atom is 0.303 e. The van der Waals surface area contributed by atoms with Gasteiger partial charge in [0.05, 0.1) is 32.1 Å². The highest BCUT2D eigenvalue weighted by molar-refractivity contribution is 8.93. The van der Waals surface area contributed by atoms with Crippen LogP contribution in [-0.4, -0.2) is 85.6 Å². The lowest BCUT2D eigenvalue weighted by molar-refractivity contribution is -0.137. The number of hydrogen-bond donors (Lipinski definition) is 3. The molecular weight excluding hydrogens is 637 g/mol. The highest BCUT2D eigenvalue weighted by Gasteiger charge is 2.32. The fraction of sp³-hybridized carbons (Fsp3) is 0.516. The number of fused-ring (bicyclic) bond motifs is 1. The van der Waals surface area contributed by atoms with Gasteiger partial charge < -0.3 is 29.7 Å². The number of Topliss-reactive ketones (excluding diaryl/α,β-unsaturated/α-hetero) is 1. The summed E-state index contributed by atoms with van der Waals surface area (Å²) < 4.78 is 24.8. The first-order chi connectivity index (χ1) is 20.3. The molecule has 0 spiro atoms. The molecule has 1 aliphatic heterocycles. The van der Waals surface area contributed by atoms with Gasteiger partial charge >= 0.3 is 5.97 Å². The number of rotatable bonds is 15. The van der Waals surface area contributed by atoms with E-state index in [0.29, 0.717) is 53.6 Å². The number of ketones is 1. The molecule has 0 fully saturated rings. The number of anilines is 1. The van der Waals surface area contributed by atoms with E-state index < -0.39 is 24.0 Å². The summed E-state index contributed by atoms with van der Waals surface area (Å²) in [5, 5.41) is 20.3. The van der Waals surface area contributed by atoms with Crippen molar-refractivity contribution in [3.05, 3.63) is 46.3 Å². The lowest BCUT2D eigenvalue weighted by atomic mass is 9.84. The molecule has 242 valence electrons. The molecule has 0 unspecified atom stereocenters. The first-order valence-corrected chi connectivity index (χ1v) is 14.4. The van der Waals surface area contributed by atoms with E-state index in [1.165, 1.54) is 7.05 Å². The van der Waals surface area contributed by atoms with E-state index in [1.807, 2.05) is 25.7 Å². The molecular formula is C31H43BrFN5O6. The molecule has 1 aromatic heterocycles. The smallest absolute Gasteiger partial charge is 0.303 e. The predicted octanol–water partition coefficient (Wildman–Crippen LogP) is 4.78. The molecule has 0 radical (unpaired) electrons. The van der Waals surface area contributed by atoms with E-state index in [2.05, 4.69) is 10.3 Å². The van der Waals surface area contributed by atoms with Crippen molar-refractivity contribution in [2.75, 3.05) is 52.0 Å². The van der Waals surface area contributed by atoms with Gasteiger partial charge in [-0.05, 0) is 43.4 Å². The fourth-order valence-electron chi connectivity index (χ4n) is 4.82. The number of carboxylic acids is 1. The van der Waals surface area contributed by atoms with Gasteiger partial charge in [0.15, 0.2) is 17.2 Å². The number of halogens is 2. The summed E-state index contributed by atoms with van der Waals surface area (Å²) in [5.41, 5.74) is 2.41. The summed E-state index contributed by atoms with van der Waals surface area (Å²) >= 11 is 0. The number of carbonyl (C=O) groups excluding carboxylic acids is 2. The number of benzene rings is 1. The van der Waals surface area contributed by atoms with Crippen molar-refractivity contribution >= 4 is 46.2 Å². The third-order valence-electron chi connectivity index (χ3n) is 7.06.